The van der Waals surface area contributed by atoms with E-state index in [1.54, 1.807) is 36.4 Å². The Bertz CT molecular complexity index is 4600. The van der Waals surface area contributed by atoms with Crippen LogP contribution in [0.4, 0.5) is 22.7 Å². The minimum absolute atomic E-state index is 0.226. The van der Waals surface area contributed by atoms with Crippen molar-refractivity contribution >= 4 is 87.0 Å². The zero-order valence-electron chi connectivity index (χ0n) is 65.2. The predicted molar refractivity (Wildman–Crippen MR) is 449 cm³/mol. The molecule has 15 nitrogen and oxygen atoms in total. The van der Waals surface area contributed by atoms with E-state index in [0.717, 1.165) is 99.3 Å². The molecule has 0 aliphatic carbocycles. The van der Waals surface area contributed by atoms with Crippen LogP contribution in [0.15, 0.2) is 164 Å². The second-order valence-electron chi connectivity index (χ2n) is 28.3. The van der Waals surface area contributed by atoms with Crippen molar-refractivity contribution in [3.05, 3.63) is 214 Å². The summed E-state index contributed by atoms with van der Waals surface area (Å²) in [4.78, 5) is 61.7. The normalized spacial score (nSPS) is 11.4. The van der Waals surface area contributed by atoms with Crippen LogP contribution < -0.4 is 29.2 Å². The van der Waals surface area contributed by atoms with Crippen molar-refractivity contribution in [3.8, 4) is 57.1 Å². The molecule has 0 saturated heterocycles. The molecular formula is C95H108N6O9. The third-order valence-corrected chi connectivity index (χ3v) is 20.1. The van der Waals surface area contributed by atoms with Gasteiger partial charge in [-0.25, -0.2) is 19.6 Å². The molecule has 0 atom stereocenters. The monoisotopic (exact) mass is 1480 g/mol. The van der Waals surface area contributed by atoms with Gasteiger partial charge in [0.25, 0.3) is 5.91 Å². The number of rotatable bonds is 41. The highest BCUT2D eigenvalue weighted by molar-refractivity contribution is 6.05. The summed E-state index contributed by atoms with van der Waals surface area (Å²) in [5, 5.41) is 3.01. The Hall–Kier alpha value is -11.1. The van der Waals surface area contributed by atoms with E-state index in [-0.39, 0.29) is 5.91 Å². The fourth-order valence-electron chi connectivity index (χ4n) is 14.0. The average Bonchev–Trinajstić information content (AvgIpc) is 1.57. The molecule has 2 aliphatic rings. The van der Waals surface area contributed by atoms with Crippen molar-refractivity contribution in [2.45, 2.75) is 182 Å². The summed E-state index contributed by atoms with van der Waals surface area (Å²) in [5.41, 5.74) is 13.3. The lowest BCUT2D eigenvalue weighted by atomic mass is 10.0. The van der Waals surface area contributed by atoms with E-state index in [2.05, 4.69) is 90.1 Å². The van der Waals surface area contributed by atoms with Crippen LogP contribution in [0.5, 0.6) is 23.0 Å². The van der Waals surface area contributed by atoms with Gasteiger partial charge in [-0.05, 0) is 183 Å². The van der Waals surface area contributed by atoms with Crippen LogP contribution in [-0.2, 0) is 9.47 Å². The number of hydrogen-bond acceptors (Lipinski definition) is 12. The molecule has 5 heterocycles. The van der Waals surface area contributed by atoms with Gasteiger partial charge in [0, 0.05) is 50.3 Å². The van der Waals surface area contributed by atoms with Crippen LogP contribution in [0.2, 0.25) is 0 Å². The molecule has 3 N–H and O–H groups in total. The molecule has 110 heavy (non-hydrogen) atoms. The molecule has 9 aromatic rings. The van der Waals surface area contributed by atoms with Gasteiger partial charge in [-0.3, -0.25) is 4.79 Å². The van der Waals surface area contributed by atoms with Gasteiger partial charge < -0.3 is 48.6 Å². The smallest absolute Gasteiger partial charge is 0.337 e. The number of carbonyl (C=O) groups excluding carboxylic acids is 3. The van der Waals surface area contributed by atoms with E-state index in [1.165, 1.54) is 91.3 Å². The van der Waals surface area contributed by atoms with Crippen molar-refractivity contribution in [3.63, 3.8) is 0 Å². The van der Waals surface area contributed by atoms with Crippen LogP contribution in [0.25, 0.3) is 68.6 Å². The van der Waals surface area contributed by atoms with Crippen molar-refractivity contribution in [1.82, 2.24) is 19.9 Å². The highest BCUT2D eigenvalue weighted by atomic mass is 16.5. The molecule has 8 bridgehead atoms. The third-order valence-electron chi connectivity index (χ3n) is 20.1. The molecule has 6 aromatic carbocycles. The quantitative estimate of drug-likeness (QED) is 0.0188. The van der Waals surface area contributed by atoms with Crippen LogP contribution in [0, 0.1) is 11.8 Å². The zero-order valence-corrected chi connectivity index (χ0v) is 65.2. The number of hydrogen-bond donors (Lipinski definition) is 3. The van der Waals surface area contributed by atoms with Gasteiger partial charge in [-0.1, -0.05) is 198 Å². The number of nitrogens with zero attached hydrogens (tertiary/aromatic N) is 3. The minimum Gasteiger partial charge on any atom is -0.493 e. The number of benzene rings is 6. The third kappa shape index (κ3) is 21.4. The Morgan fingerprint density at radius 3 is 1.17 bits per heavy atom. The lowest BCUT2D eigenvalue weighted by Crippen LogP contribution is -2.13. The number of H-pyrrole nitrogens is 2. The molecule has 0 saturated carbocycles. The standard InChI is InChI=1S/C95H108N6O9/c1-7-11-15-19-23-30-64-107-84-38-34-39-85(108-65-31-24-20-16-12-8-2)90(84)88-78-58-56-76(97-78)75(55-44-68-42-45-69(46-43-68)93(102)96-72-36-28-27-29-37-72)77-57-59-79(98-77)89(91-86(109-66-32-25-21-17-13-9-3)40-35-41-87(91)110-67-33-26-22-18-14-10-4)81-61-63-83(100-81)92(82-62-60-80(88)99-82)101(73-51-47-70(48-52-73)94(103)105-5)74-53-49-71(50-54-74)95(104)106-6/h27-29,34-43,45-54,56-63,97,100H,7-26,30-33,64-67H2,1-6H3,(H,96,102). The summed E-state index contributed by atoms with van der Waals surface area (Å²) >= 11 is 0. The van der Waals surface area contributed by atoms with Crippen LogP contribution in [0.1, 0.15) is 247 Å². The summed E-state index contributed by atoms with van der Waals surface area (Å²) in [6, 6.07) is 51.7. The van der Waals surface area contributed by atoms with Crippen molar-refractivity contribution in [1.29, 1.82) is 0 Å². The van der Waals surface area contributed by atoms with Gasteiger partial charge in [0.2, 0.25) is 0 Å². The summed E-state index contributed by atoms with van der Waals surface area (Å²) in [6.45, 7) is 10.9. The number of aromatic amines is 2. The van der Waals surface area contributed by atoms with Crippen LogP contribution >= 0.6 is 0 Å². The maximum absolute atomic E-state index is 13.6. The molecule has 3 aromatic heterocycles. The number of para-hydroxylation sites is 1. The van der Waals surface area contributed by atoms with E-state index in [4.69, 9.17) is 38.4 Å². The Morgan fingerprint density at radius 2 is 0.736 bits per heavy atom. The molecule has 0 radical (unpaired) electrons. The zero-order chi connectivity index (χ0) is 76.7. The molecule has 15 heteroatoms. The fourth-order valence-corrected chi connectivity index (χ4v) is 14.0. The first-order chi connectivity index (χ1) is 54.1. The molecular weight excluding hydrogens is 1370 g/mol. The van der Waals surface area contributed by atoms with E-state index >= 15 is 0 Å². The minimum atomic E-state index is -0.478. The number of esters is 2. The largest absolute Gasteiger partial charge is 0.493 e. The molecule has 0 fully saturated rings. The van der Waals surface area contributed by atoms with Gasteiger partial charge >= 0.3 is 11.9 Å². The first-order valence-electron chi connectivity index (χ1n) is 40.2. The van der Waals surface area contributed by atoms with E-state index in [1.807, 2.05) is 121 Å². The Morgan fingerprint density at radius 1 is 0.364 bits per heavy atom. The molecule has 2 aliphatic heterocycles. The Labute approximate surface area is 650 Å². The van der Waals surface area contributed by atoms with Gasteiger partial charge in [0.15, 0.2) is 0 Å². The van der Waals surface area contributed by atoms with Crippen LogP contribution in [0.3, 0.4) is 0 Å². The molecule has 0 spiro atoms. The first kappa shape index (κ1) is 79.9. The average molecular weight is 1480 g/mol. The number of nitrogens with one attached hydrogen (secondary N) is 3. The molecule has 11 rings (SSSR count). The number of ether oxygens (including phenoxy) is 6. The van der Waals surface area contributed by atoms with E-state index < -0.39 is 11.9 Å². The second kappa shape index (κ2) is 42.0. The predicted octanol–water partition coefficient (Wildman–Crippen LogP) is 24.6. The summed E-state index contributed by atoms with van der Waals surface area (Å²) in [7, 11) is 2.75. The van der Waals surface area contributed by atoms with Crippen molar-refractivity contribution in [2.75, 3.05) is 50.9 Å². The first-order valence-corrected chi connectivity index (χ1v) is 40.2. The number of anilines is 4. The van der Waals surface area contributed by atoms with Gasteiger partial charge in [-0.2, -0.15) is 0 Å². The topological polar surface area (TPSA) is 179 Å². The molecule has 572 valence electrons. The number of fused-ring (bicyclic) bond motifs is 8. The van der Waals surface area contributed by atoms with Crippen molar-refractivity contribution in [2.24, 2.45) is 0 Å². The lowest BCUT2D eigenvalue weighted by Gasteiger charge is -2.26. The highest BCUT2D eigenvalue weighted by Gasteiger charge is 2.28. The maximum atomic E-state index is 13.6. The number of carbonyl (C=O) groups is 3. The second-order valence-corrected chi connectivity index (χ2v) is 28.3. The van der Waals surface area contributed by atoms with E-state index in [9.17, 15) is 14.4 Å². The maximum Gasteiger partial charge on any atom is 0.337 e. The SMILES string of the molecule is CCCCCCCCOc1cccc(OCCCCCCCC)c1-c1c2nc(c(N(c3ccc(C(=O)OC)cc3)c3ccc(C(=O)OC)cc3)c3ccc([nH]3)c(-c3c(OCCCCCCCC)cccc3OCCCCCCCC)c3nc(c(C#Cc4ccc(C(=O)Nc5ccccc5)cc4)c4ccc1[nH]4)C=C3)C=C2. The number of unbranched alkanes of at least 4 members (excludes halogenated alkanes) is 20. The molecule has 0 unspecified atom stereocenters. The summed E-state index contributed by atoms with van der Waals surface area (Å²) in [6.07, 6.45) is 34.6. The van der Waals surface area contributed by atoms with Gasteiger partial charge in [0.05, 0.1) is 108 Å². The van der Waals surface area contributed by atoms with Gasteiger partial charge in [0.1, 0.15) is 23.0 Å². The van der Waals surface area contributed by atoms with Gasteiger partial charge in [-0.15, -0.1) is 0 Å². The number of aromatic nitrogens is 4. The Kier molecular flexibility index (Phi) is 30.5. The molecule has 1 amide bonds. The fraction of sp³-hybridized carbons (Fsp3) is 0.358. The van der Waals surface area contributed by atoms with Crippen LogP contribution in [-0.4, -0.2) is 78.4 Å². The summed E-state index contributed by atoms with van der Waals surface area (Å²) < 4.78 is 38.6. The Balaban J connectivity index is 1.22. The lowest BCUT2D eigenvalue weighted by molar-refractivity contribution is 0.0592. The summed E-state index contributed by atoms with van der Waals surface area (Å²) in [5.74, 6) is 8.57. The highest BCUT2D eigenvalue weighted by Crippen LogP contribution is 2.48. The van der Waals surface area contributed by atoms with Crippen molar-refractivity contribution < 1.29 is 42.8 Å². The number of amides is 1. The van der Waals surface area contributed by atoms with E-state index in [0.29, 0.717) is 145 Å². The number of methoxy groups -OCH3 is 2.